The lowest BCUT2D eigenvalue weighted by molar-refractivity contribution is 0.0697. The van der Waals surface area contributed by atoms with Gasteiger partial charge in [0, 0.05) is 13.1 Å². The van der Waals surface area contributed by atoms with Crippen LogP contribution in [0.1, 0.15) is 30.6 Å². The summed E-state index contributed by atoms with van der Waals surface area (Å²) < 4.78 is 0. The zero-order chi connectivity index (χ0) is 14.4. The van der Waals surface area contributed by atoms with Crippen molar-refractivity contribution in [2.75, 3.05) is 18.0 Å². The number of anilines is 1. The summed E-state index contributed by atoms with van der Waals surface area (Å²) in [6.45, 7) is 5.52. The number of nitrogens with zero attached hydrogens (tertiary/aromatic N) is 2. The van der Waals surface area contributed by atoms with Crippen molar-refractivity contribution in [2.24, 2.45) is 5.92 Å². The Kier molecular flexibility index (Phi) is 5.65. The van der Waals surface area contributed by atoms with Crippen LogP contribution in [0.25, 0.3) is 0 Å². The Morgan fingerprint density at radius 2 is 2.21 bits per heavy atom. The van der Waals surface area contributed by atoms with Gasteiger partial charge in [-0.2, -0.15) is 5.26 Å². The summed E-state index contributed by atoms with van der Waals surface area (Å²) in [6, 6.07) is 6.79. The fraction of sp³-hybridized carbons (Fsp3) is 0.429. The summed E-state index contributed by atoms with van der Waals surface area (Å²) in [7, 11) is 0. The number of rotatable bonds is 6. The second kappa shape index (κ2) is 7.01. The largest absolute Gasteiger partial charge is 0.478 e. The fourth-order valence-electron chi connectivity index (χ4n) is 1.83. The zero-order valence-corrected chi connectivity index (χ0v) is 11.8. The topological polar surface area (TPSA) is 64.3 Å². The van der Waals surface area contributed by atoms with Gasteiger partial charge in [0.25, 0.3) is 0 Å². The third-order valence-electron chi connectivity index (χ3n) is 2.61. The van der Waals surface area contributed by atoms with Crippen LogP contribution in [0, 0.1) is 17.2 Å². The van der Waals surface area contributed by atoms with Crippen LogP contribution in [0.15, 0.2) is 18.2 Å². The number of nitriles is 1. The molecule has 1 rings (SSSR count). The van der Waals surface area contributed by atoms with E-state index in [9.17, 15) is 4.79 Å². The van der Waals surface area contributed by atoms with Gasteiger partial charge >= 0.3 is 5.97 Å². The molecular weight excluding hydrogens is 264 g/mol. The number of halogens is 1. The Morgan fingerprint density at radius 1 is 1.53 bits per heavy atom. The lowest BCUT2D eigenvalue weighted by Gasteiger charge is -2.26. The van der Waals surface area contributed by atoms with Gasteiger partial charge in [0.05, 0.1) is 28.8 Å². The van der Waals surface area contributed by atoms with Crippen molar-refractivity contribution in [2.45, 2.75) is 20.3 Å². The van der Waals surface area contributed by atoms with Crippen molar-refractivity contribution in [1.82, 2.24) is 0 Å². The van der Waals surface area contributed by atoms with E-state index < -0.39 is 5.97 Å². The maximum Gasteiger partial charge on any atom is 0.335 e. The molecule has 0 amide bonds. The zero-order valence-electron chi connectivity index (χ0n) is 11.1. The van der Waals surface area contributed by atoms with Gasteiger partial charge in [0.1, 0.15) is 0 Å². The molecule has 0 heterocycles. The molecule has 1 aromatic carbocycles. The standard InChI is InChI=1S/C14H17ClN2O2/c1-10(2)9-17(7-3-6-16)13-5-4-11(14(18)19)8-12(13)15/h4-5,8,10H,3,7,9H2,1-2H3,(H,18,19). The van der Waals surface area contributed by atoms with Gasteiger partial charge in [0.15, 0.2) is 0 Å². The van der Waals surface area contributed by atoms with Crippen LogP contribution in [-0.2, 0) is 0 Å². The smallest absolute Gasteiger partial charge is 0.335 e. The number of carboxylic acids is 1. The third kappa shape index (κ3) is 4.46. The minimum absolute atomic E-state index is 0.165. The quantitative estimate of drug-likeness (QED) is 0.867. The molecule has 0 atom stereocenters. The molecule has 5 heteroatoms. The number of aromatic carboxylic acids is 1. The molecule has 0 spiro atoms. The van der Waals surface area contributed by atoms with Gasteiger partial charge in [-0.1, -0.05) is 25.4 Å². The molecule has 0 fully saturated rings. The van der Waals surface area contributed by atoms with Crippen LogP contribution < -0.4 is 4.90 Å². The van der Waals surface area contributed by atoms with E-state index in [1.54, 1.807) is 6.07 Å². The molecule has 0 saturated heterocycles. The molecule has 0 aliphatic carbocycles. The molecule has 0 bridgehead atoms. The Balaban J connectivity index is 3.01. The first-order valence-corrected chi connectivity index (χ1v) is 6.48. The minimum atomic E-state index is -0.999. The van der Waals surface area contributed by atoms with Gasteiger partial charge in [-0.25, -0.2) is 4.79 Å². The molecule has 19 heavy (non-hydrogen) atoms. The lowest BCUT2D eigenvalue weighted by atomic mass is 10.1. The highest BCUT2D eigenvalue weighted by Gasteiger charge is 2.14. The summed E-state index contributed by atoms with van der Waals surface area (Å²) in [5.74, 6) is -0.574. The monoisotopic (exact) mass is 280 g/mol. The number of carboxylic acid groups (broad SMARTS) is 1. The van der Waals surface area contributed by atoms with Gasteiger partial charge in [-0.3, -0.25) is 0 Å². The second-order valence-electron chi connectivity index (χ2n) is 4.72. The highest BCUT2D eigenvalue weighted by Crippen LogP contribution is 2.27. The molecular formula is C14H17ClN2O2. The Bertz CT molecular complexity index is 495. The highest BCUT2D eigenvalue weighted by molar-refractivity contribution is 6.33. The molecule has 1 aromatic rings. The van der Waals surface area contributed by atoms with Crippen molar-refractivity contribution >= 4 is 23.3 Å². The summed E-state index contributed by atoms with van der Waals surface area (Å²) >= 11 is 6.14. The Morgan fingerprint density at radius 3 is 2.68 bits per heavy atom. The average Bonchev–Trinajstić information content (AvgIpc) is 2.34. The maximum absolute atomic E-state index is 10.9. The summed E-state index contributed by atoms with van der Waals surface area (Å²) in [5.41, 5.74) is 0.939. The van der Waals surface area contributed by atoms with E-state index in [0.29, 0.717) is 23.9 Å². The third-order valence-corrected chi connectivity index (χ3v) is 2.92. The van der Waals surface area contributed by atoms with E-state index in [4.69, 9.17) is 22.0 Å². The van der Waals surface area contributed by atoms with E-state index in [1.165, 1.54) is 12.1 Å². The van der Waals surface area contributed by atoms with Crippen molar-refractivity contribution in [3.63, 3.8) is 0 Å². The maximum atomic E-state index is 10.9. The number of hydrogen-bond acceptors (Lipinski definition) is 3. The van der Waals surface area contributed by atoms with Gasteiger partial charge in [0.2, 0.25) is 0 Å². The van der Waals surface area contributed by atoms with Gasteiger partial charge < -0.3 is 10.0 Å². The first-order chi connectivity index (χ1) is 8.95. The van der Waals surface area contributed by atoms with Crippen LogP contribution in [0.5, 0.6) is 0 Å². The summed E-state index contributed by atoms with van der Waals surface area (Å²) in [4.78, 5) is 12.9. The molecule has 102 valence electrons. The molecule has 0 saturated carbocycles. The van der Waals surface area contributed by atoms with Crippen LogP contribution >= 0.6 is 11.6 Å². The van der Waals surface area contributed by atoms with E-state index in [0.717, 1.165) is 12.2 Å². The molecule has 4 nitrogen and oxygen atoms in total. The first kappa shape index (κ1) is 15.3. The van der Waals surface area contributed by atoms with Crippen LogP contribution in [0.4, 0.5) is 5.69 Å². The first-order valence-electron chi connectivity index (χ1n) is 6.10. The van der Waals surface area contributed by atoms with E-state index >= 15 is 0 Å². The molecule has 1 N–H and O–H groups in total. The highest BCUT2D eigenvalue weighted by atomic mass is 35.5. The predicted octanol–water partition coefficient (Wildman–Crippen LogP) is 3.41. The van der Waals surface area contributed by atoms with Crippen LogP contribution in [-0.4, -0.2) is 24.2 Å². The van der Waals surface area contributed by atoms with Crippen LogP contribution in [0.3, 0.4) is 0 Å². The van der Waals surface area contributed by atoms with Gasteiger partial charge in [-0.15, -0.1) is 0 Å². The van der Waals surface area contributed by atoms with Crippen molar-refractivity contribution in [1.29, 1.82) is 5.26 Å². The normalized spacial score (nSPS) is 10.3. The van der Waals surface area contributed by atoms with Crippen molar-refractivity contribution < 1.29 is 9.90 Å². The number of carbonyl (C=O) groups is 1. The molecule has 0 unspecified atom stereocenters. The molecule has 0 aliphatic rings. The van der Waals surface area contributed by atoms with E-state index in [-0.39, 0.29) is 5.56 Å². The second-order valence-corrected chi connectivity index (χ2v) is 5.13. The predicted molar refractivity (Wildman–Crippen MR) is 75.7 cm³/mol. The number of benzene rings is 1. The summed E-state index contributed by atoms with van der Waals surface area (Å²) in [5, 5.41) is 18.0. The average molecular weight is 281 g/mol. The molecule has 0 aromatic heterocycles. The van der Waals surface area contributed by atoms with Crippen molar-refractivity contribution in [3.8, 4) is 6.07 Å². The Hall–Kier alpha value is -1.73. The molecule has 0 aliphatic heterocycles. The van der Waals surface area contributed by atoms with Crippen LogP contribution in [0.2, 0.25) is 5.02 Å². The van der Waals surface area contributed by atoms with Gasteiger partial charge in [-0.05, 0) is 24.1 Å². The van der Waals surface area contributed by atoms with Crippen molar-refractivity contribution in [3.05, 3.63) is 28.8 Å². The van der Waals surface area contributed by atoms with E-state index in [1.807, 2.05) is 4.90 Å². The Labute approximate surface area is 118 Å². The minimum Gasteiger partial charge on any atom is -0.478 e. The fourth-order valence-corrected chi connectivity index (χ4v) is 2.13. The van der Waals surface area contributed by atoms with E-state index in [2.05, 4.69) is 19.9 Å². The lowest BCUT2D eigenvalue weighted by Crippen LogP contribution is -2.28. The SMILES string of the molecule is CC(C)CN(CCC#N)c1ccc(C(=O)O)cc1Cl. The summed E-state index contributed by atoms with van der Waals surface area (Å²) in [6.07, 6.45) is 0.406. The molecule has 0 radical (unpaired) electrons. The number of hydrogen-bond donors (Lipinski definition) is 1.